The fourth-order valence-electron chi connectivity index (χ4n) is 3.31. The van der Waals surface area contributed by atoms with Gasteiger partial charge < -0.3 is 4.42 Å². The third kappa shape index (κ3) is 4.38. The van der Waals surface area contributed by atoms with Crippen LogP contribution in [0.3, 0.4) is 0 Å². The van der Waals surface area contributed by atoms with E-state index in [4.69, 9.17) is 4.42 Å². The summed E-state index contributed by atoms with van der Waals surface area (Å²) in [6, 6.07) is 22.2. The molecule has 0 fully saturated rings. The van der Waals surface area contributed by atoms with Gasteiger partial charge >= 0.3 is 0 Å². The van der Waals surface area contributed by atoms with Crippen LogP contribution in [-0.4, -0.2) is 22.1 Å². The highest BCUT2D eigenvalue weighted by Crippen LogP contribution is 2.29. The average molecular weight is 391 g/mol. The van der Waals surface area contributed by atoms with Crippen molar-refractivity contribution in [3.05, 3.63) is 108 Å². The topological polar surface area (TPSA) is 42.2 Å². The monoisotopic (exact) mass is 391 g/mol. The van der Waals surface area contributed by atoms with Crippen LogP contribution < -0.4 is 0 Å². The van der Waals surface area contributed by atoms with Crippen LogP contribution >= 0.6 is 0 Å². The van der Waals surface area contributed by atoms with Crippen LogP contribution in [0.5, 0.6) is 0 Å². The summed E-state index contributed by atoms with van der Waals surface area (Å²) in [5.74, 6) is 0.184. The third-order valence-corrected chi connectivity index (χ3v) is 4.68. The molecule has 1 unspecified atom stereocenters. The Morgan fingerprint density at radius 2 is 1.38 bits per heavy atom. The molecule has 1 aromatic heterocycles. The highest BCUT2D eigenvalue weighted by molar-refractivity contribution is 5.51. The van der Waals surface area contributed by atoms with Crippen LogP contribution in [0.25, 0.3) is 11.5 Å². The maximum Gasteiger partial charge on any atom is 0.247 e. The van der Waals surface area contributed by atoms with E-state index < -0.39 is 0 Å². The highest BCUT2D eigenvalue weighted by atomic mass is 19.1. The predicted octanol–water partition coefficient (Wildman–Crippen LogP) is 5.24. The lowest BCUT2D eigenvalue weighted by Crippen LogP contribution is -2.25. The molecule has 1 atom stereocenters. The van der Waals surface area contributed by atoms with Crippen LogP contribution in [0.15, 0.2) is 83.3 Å². The lowest BCUT2D eigenvalue weighted by molar-refractivity contribution is 0.243. The largest absolute Gasteiger partial charge is 0.419 e. The quantitative estimate of drug-likeness (QED) is 0.451. The summed E-state index contributed by atoms with van der Waals surface area (Å²) in [5.41, 5.74) is 2.68. The molecular weight excluding hydrogens is 372 g/mol. The van der Waals surface area contributed by atoms with Gasteiger partial charge in [0.05, 0.1) is 12.6 Å². The molecular formula is C23H19F2N3O. The van der Waals surface area contributed by atoms with E-state index in [0.29, 0.717) is 23.9 Å². The number of rotatable bonds is 6. The van der Waals surface area contributed by atoms with Crippen LogP contribution in [0, 0.1) is 11.6 Å². The first-order valence-corrected chi connectivity index (χ1v) is 9.19. The van der Waals surface area contributed by atoms with Gasteiger partial charge in [-0.3, -0.25) is 4.90 Å². The van der Waals surface area contributed by atoms with E-state index in [-0.39, 0.29) is 17.7 Å². The highest BCUT2D eigenvalue weighted by Gasteiger charge is 2.21. The molecule has 0 radical (unpaired) electrons. The second-order valence-corrected chi connectivity index (χ2v) is 6.79. The minimum absolute atomic E-state index is 0.113. The van der Waals surface area contributed by atoms with Crippen molar-refractivity contribution in [1.82, 2.24) is 15.1 Å². The molecule has 1 heterocycles. The minimum Gasteiger partial charge on any atom is -0.419 e. The Hall–Kier alpha value is -3.38. The Kier molecular flexibility index (Phi) is 5.44. The van der Waals surface area contributed by atoms with Gasteiger partial charge in [-0.1, -0.05) is 42.5 Å². The predicted molar refractivity (Wildman–Crippen MR) is 106 cm³/mol. The van der Waals surface area contributed by atoms with Crippen molar-refractivity contribution in [3.8, 4) is 11.5 Å². The van der Waals surface area contributed by atoms with Crippen molar-refractivity contribution in [2.24, 2.45) is 0 Å². The molecule has 146 valence electrons. The van der Waals surface area contributed by atoms with Gasteiger partial charge in [0.2, 0.25) is 11.8 Å². The first-order valence-electron chi connectivity index (χ1n) is 9.19. The Bertz CT molecular complexity index is 1060. The number of hydrogen-bond donors (Lipinski definition) is 0. The van der Waals surface area contributed by atoms with Crippen LogP contribution in [0.4, 0.5) is 8.78 Å². The van der Waals surface area contributed by atoms with Crippen LogP contribution in [0.1, 0.15) is 23.1 Å². The zero-order chi connectivity index (χ0) is 20.2. The van der Waals surface area contributed by atoms with Crippen molar-refractivity contribution in [3.63, 3.8) is 0 Å². The molecule has 0 saturated heterocycles. The Balaban J connectivity index is 1.59. The zero-order valence-electron chi connectivity index (χ0n) is 15.8. The zero-order valence-corrected chi connectivity index (χ0v) is 15.8. The van der Waals surface area contributed by atoms with Gasteiger partial charge in [0.1, 0.15) is 11.6 Å². The Morgan fingerprint density at radius 3 is 2.03 bits per heavy atom. The van der Waals surface area contributed by atoms with Gasteiger partial charge in [0.25, 0.3) is 0 Å². The number of aromatic nitrogens is 2. The lowest BCUT2D eigenvalue weighted by Gasteiger charge is -2.28. The fourth-order valence-corrected chi connectivity index (χ4v) is 3.31. The summed E-state index contributed by atoms with van der Waals surface area (Å²) in [7, 11) is 1.95. The van der Waals surface area contributed by atoms with E-state index in [2.05, 4.69) is 15.1 Å². The first-order chi connectivity index (χ1) is 14.1. The molecule has 0 aliphatic heterocycles. The molecule has 0 amide bonds. The molecule has 29 heavy (non-hydrogen) atoms. The van der Waals surface area contributed by atoms with Crippen molar-refractivity contribution in [2.45, 2.75) is 12.6 Å². The second-order valence-electron chi connectivity index (χ2n) is 6.79. The van der Waals surface area contributed by atoms with Gasteiger partial charge in [0, 0.05) is 5.56 Å². The maximum absolute atomic E-state index is 13.4. The molecule has 3 aromatic carbocycles. The molecule has 0 aliphatic rings. The number of halogens is 2. The van der Waals surface area contributed by atoms with E-state index in [9.17, 15) is 8.78 Å². The van der Waals surface area contributed by atoms with Gasteiger partial charge in [-0.2, -0.15) is 0 Å². The molecule has 6 heteroatoms. The van der Waals surface area contributed by atoms with Crippen LogP contribution in [-0.2, 0) is 6.54 Å². The molecule has 0 bridgehead atoms. The van der Waals surface area contributed by atoms with E-state index in [1.54, 1.807) is 24.3 Å². The SMILES string of the molecule is CN(Cc1nnc(-c2ccc(F)cc2)o1)C(c1ccccc1)c1ccc(F)cc1. The number of nitrogens with zero attached hydrogens (tertiary/aromatic N) is 3. The number of hydrogen-bond acceptors (Lipinski definition) is 4. The standard InChI is InChI=1S/C23H19F2N3O/c1-28(15-21-26-27-23(29-21)18-9-13-20(25)14-10-18)22(16-5-3-2-4-6-16)17-7-11-19(24)12-8-17/h2-14,22H,15H2,1H3. The summed E-state index contributed by atoms with van der Waals surface area (Å²) in [5, 5.41) is 8.20. The molecule has 0 spiro atoms. The van der Waals surface area contributed by atoms with Crippen molar-refractivity contribution in [1.29, 1.82) is 0 Å². The van der Waals surface area contributed by atoms with E-state index in [1.165, 1.54) is 24.3 Å². The summed E-state index contributed by atoms with van der Waals surface area (Å²) < 4.78 is 32.3. The van der Waals surface area contributed by atoms with E-state index in [0.717, 1.165) is 11.1 Å². The maximum atomic E-state index is 13.4. The normalized spacial score (nSPS) is 12.3. The van der Waals surface area contributed by atoms with Gasteiger partial charge in [-0.05, 0) is 54.6 Å². The molecule has 4 nitrogen and oxygen atoms in total. The van der Waals surface area contributed by atoms with Crippen molar-refractivity contribution >= 4 is 0 Å². The van der Waals surface area contributed by atoms with Gasteiger partial charge in [0.15, 0.2) is 0 Å². The Labute approximate surface area is 167 Å². The van der Waals surface area contributed by atoms with E-state index in [1.807, 2.05) is 37.4 Å². The molecule has 0 N–H and O–H groups in total. The second kappa shape index (κ2) is 8.32. The Morgan fingerprint density at radius 1 is 0.793 bits per heavy atom. The van der Waals surface area contributed by atoms with Gasteiger partial charge in [-0.25, -0.2) is 8.78 Å². The average Bonchev–Trinajstić information content (AvgIpc) is 3.19. The molecule has 0 saturated carbocycles. The van der Waals surface area contributed by atoms with Crippen molar-refractivity contribution < 1.29 is 13.2 Å². The summed E-state index contributed by atoms with van der Waals surface area (Å²) in [6.45, 7) is 0.394. The third-order valence-electron chi connectivity index (χ3n) is 4.68. The molecule has 0 aliphatic carbocycles. The minimum atomic E-state index is -0.321. The number of benzene rings is 3. The summed E-state index contributed by atoms with van der Waals surface area (Å²) >= 11 is 0. The fraction of sp³-hybridized carbons (Fsp3) is 0.130. The van der Waals surface area contributed by atoms with E-state index >= 15 is 0 Å². The lowest BCUT2D eigenvalue weighted by atomic mass is 9.97. The summed E-state index contributed by atoms with van der Waals surface area (Å²) in [6.07, 6.45) is 0. The first kappa shape index (κ1) is 19.0. The van der Waals surface area contributed by atoms with Crippen LogP contribution in [0.2, 0.25) is 0 Å². The molecule has 4 aromatic rings. The summed E-state index contributed by atoms with van der Waals surface area (Å²) in [4.78, 5) is 2.06. The van der Waals surface area contributed by atoms with Gasteiger partial charge in [-0.15, -0.1) is 10.2 Å². The smallest absolute Gasteiger partial charge is 0.247 e. The van der Waals surface area contributed by atoms with Crippen molar-refractivity contribution in [2.75, 3.05) is 7.05 Å². The molecule has 4 rings (SSSR count).